The molecule has 1 saturated carbocycles. The van der Waals surface area contributed by atoms with E-state index in [1.54, 1.807) is 37.3 Å². The number of carbonyl (C=O) groups is 2. The van der Waals surface area contributed by atoms with Crippen LogP contribution in [0.5, 0.6) is 0 Å². The molecule has 1 N–H and O–H groups in total. The van der Waals surface area contributed by atoms with Crippen LogP contribution in [0, 0.1) is 5.92 Å². The van der Waals surface area contributed by atoms with Gasteiger partial charge < -0.3 is 15.0 Å². The van der Waals surface area contributed by atoms with E-state index in [1.165, 1.54) is 19.2 Å². The Balaban J connectivity index is 1.57. The second kappa shape index (κ2) is 11.2. The predicted molar refractivity (Wildman–Crippen MR) is 126 cm³/mol. The highest BCUT2D eigenvalue weighted by molar-refractivity contribution is 7.90. The zero-order chi connectivity index (χ0) is 23.8. The highest BCUT2D eigenvalue weighted by Gasteiger charge is 2.25. The second-order valence-corrected chi connectivity index (χ2v) is 10.2. The fourth-order valence-corrected chi connectivity index (χ4v) is 4.64. The third kappa shape index (κ3) is 7.81. The van der Waals surface area contributed by atoms with Gasteiger partial charge in [0.25, 0.3) is 5.91 Å². The number of sulfone groups is 1. The van der Waals surface area contributed by atoms with Crippen molar-refractivity contribution in [2.75, 3.05) is 35.7 Å². The van der Waals surface area contributed by atoms with Gasteiger partial charge in [-0.25, -0.2) is 18.4 Å². The summed E-state index contributed by atoms with van der Waals surface area (Å²) in [6, 6.07) is 8.24. The fourth-order valence-electron chi connectivity index (χ4n) is 3.32. The molecular weight excluding hydrogens is 444 g/mol. The molecule has 2 aromatic rings. The predicted octanol–water partition coefficient (Wildman–Crippen LogP) is 2.83. The number of esters is 1. The Morgan fingerprint density at radius 1 is 1.15 bits per heavy atom. The highest BCUT2D eigenvalue weighted by Crippen LogP contribution is 2.31. The molecule has 1 aromatic heterocycles. The van der Waals surface area contributed by atoms with Crippen molar-refractivity contribution in [3.63, 3.8) is 0 Å². The lowest BCUT2D eigenvalue weighted by Gasteiger charge is -2.21. The minimum atomic E-state index is -3.46. The summed E-state index contributed by atoms with van der Waals surface area (Å²) in [5.74, 6) is 0.0785. The van der Waals surface area contributed by atoms with E-state index in [2.05, 4.69) is 27.1 Å². The van der Waals surface area contributed by atoms with Crippen molar-refractivity contribution >= 4 is 33.2 Å². The molecule has 0 atom stereocenters. The van der Waals surface area contributed by atoms with Gasteiger partial charge in [-0.3, -0.25) is 9.59 Å². The Kier molecular flexibility index (Phi) is 8.37. The zero-order valence-corrected chi connectivity index (χ0v) is 19.8. The first-order valence-corrected chi connectivity index (χ1v) is 12.9. The van der Waals surface area contributed by atoms with Crippen LogP contribution in [0.25, 0.3) is 0 Å². The van der Waals surface area contributed by atoms with Crippen molar-refractivity contribution in [1.29, 1.82) is 0 Å². The van der Waals surface area contributed by atoms with Crippen molar-refractivity contribution in [2.24, 2.45) is 5.92 Å². The van der Waals surface area contributed by atoms with Crippen molar-refractivity contribution in [3.8, 4) is 0 Å². The zero-order valence-electron chi connectivity index (χ0n) is 19.0. The third-order valence-corrected chi connectivity index (χ3v) is 6.89. The standard InChI is InChI=1S/C23H30N4O5S/c1-3-27(14-17-5-6-17)21-13-20(24-16-25-21)23(29)26-19-9-7-18(8-10-19)15-33(30,31)12-11-22(28)32-4-2/h7-10,13,16-17H,3-6,11-12,14-15H2,1-2H3,(H,26,29). The molecule has 1 heterocycles. The van der Waals surface area contributed by atoms with E-state index >= 15 is 0 Å². The van der Waals surface area contributed by atoms with Gasteiger partial charge in [0.2, 0.25) is 0 Å². The van der Waals surface area contributed by atoms with E-state index in [0.717, 1.165) is 18.9 Å². The number of amides is 1. The largest absolute Gasteiger partial charge is 0.466 e. The third-order valence-electron chi connectivity index (χ3n) is 5.29. The van der Waals surface area contributed by atoms with Gasteiger partial charge in [-0.1, -0.05) is 12.1 Å². The number of nitrogens with one attached hydrogen (secondary N) is 1. The lowest BCUT2D eigenvalue weighted by Crippen LogP contribution is -2.27. The molecule has 1 aromatic carbocycles. The van der Waals surface area contributed by atoms with Crippen molar-refractivity contribution < 1.29 is 22.7 Å². The van der Waals surface area contributed by atoms with Crippen molar-refractivity contribution in [1.82, 2.24) is 9.97 Å². The number of aromatic nitrogens is 2. The van der Waals surface area contributed by atoms with E-state index in [-0.39, 0.29) is 36.1 Å². The van der Waals surface area contributed by atoms with Crippen LogP contribution in [-0.4, -0.2) is 55.7 Å². The lowest BCUT2D eigenvalue weighted by atomic mass is 10.2. The molecule has 3 rings (SSSR count). The number of rotatable bonds is 12. The van der Waals surface area contributed by atoms with Gasteiger partial charge in [0.1, 0.15) is 17.8 Å². The summed E-state index contributed by atoms with van der Waals surface area (Å²) in [4.78, 5) is 34.6. The Morgan fingerprint density at radius 3 is 2.52 bits per heavy atom. The smallest absolute Gasteiger partial charge is 0.306 e. The Hall–Kier alpha value is -3.01. The topological polar surface area (TPSA) is 119 Å². The van der Waals surface area contributed by atoms with Gasteiger partial charge in [0.15, 0.2) is 9.84 Å². The molecule has 0 aliphatic heterocycles. The maximum absolute atomic E-state index is 12.7. The minimum absolute atomic E-state index is 0.165. The first kappa shape index (κ1) is 24.6. The number of ether oxygens (including phenoxy) is 1. The van der Waals surface area contributed by atoms with Crippen LogP contribution in [0.2, 0.25) is 0 Å². The number of hydrogen-bond donors (Lipinski definition) is 1. The minimum Gasteiger partial charge on any atom is -0.466 e. The van der Waals surface area contributed by atoms with Crippen LogP contribution < -0.4 is 10.2 Å². The van der Waals surface area contributed by atoms with Gasteiger partial charge >= 0.3 is 5.97 Å². The SMILES string of the molecule is CCOC(=O)CCS(=O)(=O)Cc1ccc(NC(=O)c2cc(N(CC)CC3CC3)ncn2)cc1. The summed E-state index contributed by atoms with van der Waals surface area (Å²) in [7, 11) is -3.46. The van der Waals surface area contributed by atoms with E-state index in [9.17, 15) is 18.0 Å². The first-order valence-electron chi connectivity index (χ1n) is 11.1. The van der Waals surface area contributed by atoms with Gasteiger partial charge in [-0.2, -0.15) is 0 Å². The summed E-state index contributed by atoms with van der Waals surface area (Å²) in [6.45, 7) is 5.69. The summed E-state index contributed by atoms with van der Waals surface area (Å²) in [5, 5.41) is 2.78. The summed E-state index contributed by atoms with van der Waals surface area (Å²) in [5.41, 5.74) is 1.36. The van der Waals surface area contributed by atoms with E-state index in [0.29, 0.717) is 17.2 Å². The maximum atomic E-state index is 12.7. The van der Waals surface area contributed by atoms with E-state index in [4.69, 9.17) is 4.74 Å². The maximum Gasteiger partial charge on any atom is 0.306 e. The second-order valence-electron chi connectivity index (χ2n) is 8.04. The molecular formula is C23H30N4O5S. The molecule has 9 nitrogen and oxygen atoms in total. The Labute approximate surface area is 194 Å². The number of benzene rings is 1. The van der Waals surface area contributed by atoms with Crippen LogP contribution in [0.3, 0.4) is 0 Å². The number of anilines is 2. The van der Waals surface area contributed by atoms with Crippen molar-refractivity contribution in [3.05, 3.63) is 47.9 Å². The number of hydrogen-bond acceptors (Lipinski definition) is 8. The molecule has 0 radical (unpaired) electrons. The van der Waals surface area contributed by atoms with Crippen LogP contribution in [0.15, 0.2) is 36.7 Å². The average molecular weight is 475 g/mol. The molecule has 0 bridgehead atoms. The number of nitrogens with zero attached hydrogens (tertiary/aromatic N) is 3. The van der Waals surface area contributed by atoms with Gasteiger partial charge in [0, 0.05) is 24.8 Å². The molecule has 1 amide bonds. The molecule has 10 heteroatoms. The molecule has 33 heavy (non-hydrogen) atoms. The molecule has 0 unspecified atom stereocenters. The Bertz CT molecular complexity index is 1070. The number of carbonyl (C=O) groups excluding carboxylic acids is 2. The summed E-state index contributed by atoms with van der Waals surface area (Å²) >= 11 is 0. The molecule has 0 spiro atoms. The van der Waals surface area contributed by atoms with Crippen LogP contribution in [-0.2, 0) is 25.1 Å². The molecule has 1 aliphatic rings. The monoisotopic (exact) mass is 474 g/mol. The quantitative estimate of drug-likeness (QED) is 0.467. The van der Waals surface area contributed by atoms with Crippen LogP contribution >= 0.6 is 0 Å². The molecule has 178 valence electrons. The lowest BCUT2D eigenvalue weighted by molar-refractivity contribution is -0.142. The Morgan fingerprint density at radius 2 is 1.88 bits per heavy atom. The molecule has 1 fully saturated rings. The van der Waals surface area contributed by atoms with E-state index < -0.39 is 15.8 Å². The van der Waals surface area contributed by atoms with E-state index in [1.807, 2.05) is 0 Å². The van der Waals surface area contributed by atoms with Crippen molar-refractivity contribution in [2.45, 2.75) is 38.9 Å². The first-order chi connectivity index (χ1) is 15.8. The van der Waals surface area contributed by atoms with Gasteiger partial charge in [-0.15, -0.1) is 0 Å². The summed E-state index contributed by atoms with van der Waals surface area (Å²) in [6.07, 6.45) is 3.70. The average Bonchev–Trinajstić information content (AvgIpc) is 3.62. The fraction of sp³-hybridized carbons (Fsp3) is 0.478. The molecule has 1 aliphatic carbocycles. The van der Waals surface area contributed by atoms with Crippen LogP contribution in [0.4, 0.5) is 11.5 Å². The van der Waals surface area contributed by atoms with Crippen LogP contribution in [0.1, 0.15) is 49.2 Å². The summed E-state index contributed by atoms with van der Waals surface area (Å²) < 4.78 is 29.3. The molecule has 0 saturated heterocycles. The normalized spacial score (nSPS) is 13.4. The van der Waals surface area contributed by atoms with Gasteiger partial charge in [-0.05, 0) is 50.3 Å². The highest BCUT2D eigenvalue weighted by atomic mass is 32.2. The van der Waals surface area contributed by atoms with Gasteiger partial charge in [0.05, 0.1) is 24.5 Å².